The molecule has 1 heterocycles. The van der Waals surface area contributed by atoms with Gasteiger partial charge in [-0.1, -0.05) is 12.1 Å². The monoisotopic (exact) mass is 264 g/mol. The molecule has 0 saturated heterocycles. The van der Waals surface area contributed by atoms with E-state index in [-0.39, 0.29) is 0 Å². The molecule has 0 aliphatic rings. The summed E-state index contributed by atoms with van der Waals surface area (Å²) in [6.45, 7) is 2.72. The lowest BCUT2D eigenvalue weighted by molar-refractivity contribution is 0.919. The SMILES string of the molecule is Cc1cc2cccc(Br)c2nc1CCN. The molecule has 0 fully saturated rings. The summed E-state index contributed by atoms with van der Waals surface area (Å²) >= 11 is 3.51. The summed E-state index contributed by atoms with van der Waals surface area (Å²) in [5.74, 6) is 0. The van der Waals surface area contributed by atoms with Crippen LogP contribution in [0.25, 0.3) is 10.9 Å². The molecule has 0 spiro atoms. The standard InChI is InChI=1S/C12H13BrN2/c1-8-7-9-3-2-4-10(13)12(9)15-11(8)5-6-14/h2-4,7H,5-6,14H2,1H3. The number of benzene rings is 1. The molecular formula is C12H13BrN2. The molecule has 0 amide bonds. The van der Waals surface area contributed by atoms with E-state index in [0.717, 1.165) is 22.1 Å². The minimum absolute atomic E-state index is 0.643. The zero-order valence-electron chi connectivity index (χ0n) is 8.63. The fourth-order valence-corrected chi connectivity index (χ4v) is 2.17. The molecule has 0 unspecified atom stereocenters. The highest BCUT2D eigenvalue weighted by molar-refractivity contribution is 9.10. The Labute approximate surface area is 97.6 Å². The van der Waals surface area contributed by atoms with Gasteiger partial charge in [-0.15, -0.1) is 0 Å². The van der Waals surface area contributed by atoms with E-state index in [1.54, 1.807) is 0 Å². The molecule has 0 aliphatic carbocycles. The van der Waals surface area contributed by atoms with Crippen molar-refractivity contribution >= 4 is 26.8 Å². The second-order valence-corrected chi connectivity index (χ2v) is 4.46. The number of nitrogens with two attached hydrogens (primary N) is 1. The third-order valence-corrected chi connectivity index (χ3v) is 3.11. The molecule has 1 aromatic heterocycles. The van der Waals surface area contributed by atoms with Crippen LogP contribution in [0.2, 0.25) is 0 Å². The summed E-state index contributed by atoms with van der Waals surface area (Å²) in [6.07, 6.45) is 0.836. The first-order valence-corrected chi connectivity index (χ1v) is 5.76. The predicted molar refractivity (Wildman–Crippen MR) is 66.9 cm³/mol. The molecule has 0 bridgehead atoms. The molecule has 0 radical (unpaired) electrons. The van der Waals surface area contributed by atoms with E-state index in [0.29, 0.717) is 6.54 Å². The Morgan fingerprint density at radius 1 is 1.40 bits per heavy atom. The lowest BCUT2D eigenvalue weighted by Crippen LogP contribution is -2.06. The van der Waals surface area contributed by atoms with Crippen LogP contribution in [-0.4, -0.2) is 11.5 Å². The molecule has 78 valence electrons. The van der Waals surface area contributed by atoms with E-state index in [9.17, 15) is 0 Å². The lowest BCUT2D eigenvalue weighted by Gasteiger charge is -2.07. The van der Waals surface area contributed by atoms with E-state index >= 15 is 0 Å². The Kier molecular flexibility index (Phi) is 3.03. The number of halogens is 1. The molecule has 3 heteroatoms. The van der Waals surface area contributed by atoms with Crippen molar-refractivity contribution in [3.63, 3.8) is 0 Å². The summed E-state index contributed by atoms with van der Waals surface area (Å²) in [4.78, 5) is 4.64. The van der Waals surface area contributed by atoms with Crippen LogP contribution in [0.5, 0.6) is 0 Å². The van der Waals surface area contributed by atoms with Gasteiger partial charge in [0.2, 0.25) is 0 Å². The van der Waals surface area contributed by atoms with Gasteiger partial charge in [0.1, 0.15) is 0 Å². The molecule has 1 aromatic carbocycles. The van der Waals surface area contributed by atoms with E-state index in [1.807, 2.05) is 12.1 Å². The molecule has 0 saturated carbocycles. The van der Waals surface area contributed by atoms with Gasteiger partial charge in [0.15, 0.2) is 0 Å². The topological polar surface area (TPSA) is 38.9 Å². The predicted octanol–water partition coefficient (Wildman–Crippen LogP) is 2.81. The Morgan fingerprint density at radius 2 is 2.20 bits per heavy atom. The number of hydrogen-bond acceptors (Lipinski definition) is 2. The van der Waals surface area contributed by atoms with Gasteiger partial charge in [-0.2, -0.15) is 0 Å². The van der Waals surface area contributed by atoms with Crippen molar-refractivity contribution in [2.45, 2.75) is 13.3 Å². The number of para-hydroxylation sites is 1. The van der Waals surface area contributed by atoms with E-state index in [1.165, 1.54) is 10.9 Å². The highest BCUT2D eigenvalue weighted by Crippen LogP contribution is 2.23. The zero-order valence-corrected chi connectivity index (χ0v) is 10.2. The largest absolute Gasteiger partial charge is 0.330 e. The van der Waals surface area contributed by atoms with E-state index in [4.69, 9.17) is 5.73 Å². The van der Waals surface area contributed by atoms with Crippen LogP contribution in [0.3, 0.4) is 0 Å². The molecule has 0 atom stereocenters. The van der Waals surface area contributed by atoms with Crippen LogP contribution in [0.4, 0.5) is 0 Å². The first-order chi connectivity index (χ1) is 7.22. The first kappa shape index (κ1) is 10.6. The number of hydrogen-bond donors (Lipinski definition) is 1. The summed E-state index contributed by atoms with van der Waals surface area (Å²) in [6, 6.07) is 8.28. The van der Waals surface area contributed by atoms with Crippen LogP contribution in [0.15, 0.2) is 28.7 Å². The lowest BCUT2D eigenvalue weighted by atomic mass is 10.1. The van der Waals surface area contributed by atoms with Gasteiger partial charge in [0.05, 0.1) is 5.52 Å². The fraction of sp³-hybridized carbons (Fsp3) is 0.250. The van der Waals surface area contributed by atoms with Gasteiger partial charge in [-0.3, -0.25) is 4.98 Å². The molecule has 2 aromatic rings. The number of aromatic nitrogens is 1. The summed E-state index contributed by atoms with van der Waals surface area (Å²) in [5.41, 5.74) is 8.89. The van der Waals surface area contributed by atoms with Crippen molar-refractivity contribution in [3.8, 4) is 0 Å². The van der Waals surface area contributed by atoms with Crippen LogP contribution in [-0.2, 0) is 6.42 Å². The van der Waals surface area contributed by atoms with Gasteiger partial charge in [-0.05, 0) is 47.1 Å². The Balaban J connectivity index is 2.66. The minimum Gasteiger partial charge on any atom is -0.330 e. The maximum atomic E-state index is 5.56. The number of aryl methyl sites for hydroxylation is 1. The van der Waals surface area contributed by atoms with Crippen molar-refractivity contribution in [1.82, 2.24) is 4.98 Å². The van der Waals surface area contributed by atoms with Crippen molar-refractivity contribution in [2.24, 2.45) is 5.73 Å². The zero-order chi connectivity index (χ0) is 10.8. The van der Waals surface area contributed by atoms with Gasteiger partial charge >= 0.3 is 0 Å². The summed E-state index contributed by atoms with van der Waals surface area (Å²) in [5, 5.41) is 1.17. The molecule has 2 rings (SSSR count). The molecular weight excluding hydrogens is 252 g/mol. The first-order valence-electron chi connectivity index (χ1n) is 4.97. The second kappa shape index (κ2) is 4.29. The Morgan fingerprint density at radius 3 is 2.93 bits per heavy atom. The number of pyridine rings is 1. The molecule has 0 aliphatic heterocycles. The fourth-order valence-electron chi connectivity index (χ4n) is 1.70. The van der Waals surface area contributed by atoms with Crippen molar-refractivity contribution in [1.29, 1.82) is 0 Å². The van der Waals surface area contributed by atoms with E-state index < -0.39 is 0 Å². The highest BCUT2D eigenvalue weighted by atomic mass is 79.9. The van der Waals surface area contributed by atoms with Crippen molar-refractivity contribution < 1.29 is 0 Å². The van der Waals surface area contributed by atoms with Crippen LogP contribution < -0.4 is 5.73 Å². The molecule has 2 nitrogen and oxygen atoms in total. The molecule has 2 N–H and O–H groups in total. The average Bonchev–Trinajstić information content (AvgIpc) is 2.21. The third kappa shape index (κ3) is 2.03. The minimum atomic E-state index is 0.643. The number of rotatable bonds is 2. The average molecular weight is 265 g/mol. The highest BCUT2D eigenvalue weighted by Gasteiger charge is 2.04. The van der Waals surface area contributed by atoms with Crippen molar-refractivity contribution in [2.75, 3.05) is 6.54 Å². The smallest absolute Gasteiger partial charge is 0.0847 e. The Bertz CT molecular complexity index is 494. The normalized spacial score (nSPS) is 10.9. The van der Waals surface area contributed by atoms with Gasteiger partial charge in [0.25, 0.3) is 0 Å². The number of nitrogens with zero attached hydrogens (tertiary/aromatic N) is 1. The maximum Gasteiger partial charge on any atom is 0.0847 e. The van der Waals surface area contributed by atoms with Crippen LogP contribution in [0.1, 0.15) is 11.3 Å². The molecule has 15 heavy (non-hydrogen) atoms. The van der Waals surface area contributed by atoms with Crippen LogP contribution >= 0.6 is 15.9 Å². The van der Waals surface area contributed by atoms with Crippen LogP contribution in [0, 0.1) is 6.92 Å². The van der Waals surface area contributed by atoms with Gasteiger partial charge in [0, 0.05) is 22.0 Å². The number of fused-ring (bicyclic) bond motifs is 1. The summed E-state index contributed by atoms with van der Waals surface area (Å²) < 4.78 is 1.04. The third-order valence-electron chi connectivity index (χ3n) is 2.47. The van der Waals surface area contributed by atoms with Gasteiger partial charge in [-0.25, -0.2) is 0 Å². The van der Waals surface area contributed by atoms with E-state index in [2.05, 4.69) is 40.0 Å². The van der Waals surface area contributed by atoms with Gasteiger partial charge < -0.3 is 5.73 Å². The summed E-state index contributed by atoms with van der Waals surface area (Å²) in [7, 11) is 0. The quantitative estimate of drug-likeness (QED) is 0.906. The Hall–Kier alpha value is -0.930. The van der Waals surface area contributed by atoms with Crippen molar-refractivity contribution in [3.05, 3.63) is 40.0 Å². The second-order valence-electron chi connectivity index (χ2n) is 3.60. The maximum absolute atomic E-state index is 5.56.